The summed E-state index contributed by atoms with van der Waals surface area (Å²) in [6, 6.07) is 0. The van der Waals surface area contributed by atoms with Crippen molar-refractivity contribution in [3.63, 3.8) is 0 Å². The highest BCUT2D eigenvalue weighted by Gasteiger charge is 2.64. The van der Waals surface area contributed by atoms with Gasteiger partial charge in [0.05, 0.1) is 18.3 Å². The molecule has 4 unspecified atom stereocenters. The van der Waals surface area contributed by atoms with Crippen LogP contribution in [-0.2, 0) is 0 Å². The van der Waals surface area contributed by atoms with Crippen molar-refractivity contribution in [3.8, 4) is 0 Å². The van der Waals surface area contributed by atoms with Crippen LogP contribution in [0.15, 0.2) is 12.2 Å². The molecule has 4 aliphatic carbocycles. The topological polar surface area (TPSA) is 80.9 Å². The summed E-state index contributed by atoms with van der Waals surface area (Å²) >= 11 is 0. The second kappa shape index (κ2) is 8.98. The highest BCUT2D eigenvalue weighted by Crippen LogP contribution is 2.68. The number of fused-ring (bicyclic) bond motifs is 5. The number of aliphatic hydroxyl groups excluding tert-OH is 4. The molecule has 0 aromatic carbocycles. The Morgan fingerprint density at radius 1 is 0.844 bits per heavy atom. The van der Waals surface area contributed by atoms with E-state index in [4.69, 9.17) is 0 Å². The van der Waals surface area contributed by atoms with Crippen molar-refractivity contribution < 1.29 is 20.4 Å². The average Bonchev–Trinajstić information content (AvgIpc) is 3.00. The van der Waals surface area contributed by atoms with Gasteiger partial charge in [-0.25, -0.2) is 0 Å². The van der Waals surface area contributed by atoms with E-state index in [0.29, 0.717) is 29.6 Å². The van der Waals surface area contributed by atoms with Gasteiger partial charge in [-0.15, -0.1) is 0 Å². The van der Waals surface area contributed by atoms with Crippen molar-refractivity contribution in [2.45, 2.75) is 97.9 Å². The molecule has 0 aliphatic heterocycles. The van der Waals surface area contributed by atoms with Gasteiger partial charge in [-0.1, -0.05) is 46.8 Å². The molecule has 4 nitrogen and oxygen atoms in total. The fourth-order valence-corrected chi connectivity index (χ4v) is 9.15. The first-order valence-electron chi connectivity index (χ1n) is 13.4. The van der Waals surface area contributed by atoms with Crippen LogP contribution in [0.2, 0.25) is 0 Å². The van der Waals surface area contributed by atoms with Gasteiger partial charge in [0.1, 0.15) is 0 Å². The monoisotopic (exact) mass is 448 g/mol. The predicted octanol–water partition coefficient (Wildman–Crippen LogP) is 4.40. The third kappa shape index (κ3) is 3.91. The molecular formula is C28H48O4. The fourth-order valence-electron chi connectivity index (χ4n) is 9.15. The average molecular weight is 449 g/mol. The van der Waals surface area contributed by atoms with E-state index in [1.54, 1.807) is 0 Å². The molecule has 0 amide bonds. The molecule has 12 atom stereocenters. The number of hydrogen-bond acceptors (Lipinski definition) is 4. The van der Waals surface area contributed by atoms with Crippen molar-refractivity contribution in [2.24, 2.45) is 58.2 Å². The molecule has 4 aliphatic rings. The summed E-state index contributed by atoms with van der Waals surface area (Å²) in [5.41, 5.74) is 0.172. The number of aliphatic hydroxyl groups is 4. The first-order valence-corrected chi connectivity index (χ1v) is 13.4. The maximum Gasteiger partial charge on any atom is 0.0579 e. The smallest absolute Gasteiger partial charge is 0.0579 e. The maximum absolute atomic E-state index is 11.4. The molecule has 184 valence electrons. The Hall–Kier alpha value is -0.420. The molecule has 4 rings (SSSR count). The normalized spacial score (nSPS) is 50.7. The van der Waals surface area contributed by atoms with Crippen LogP contribution in [-0.4, -0.2) is 45.3 Å². The minimum absolute atomic E-state index is 0.0812. The lowest BCUT2D eigenvalue weighted by Crippen LogP contribution is -2.59. The predicted molar refractivity (Wildman–Crippen MR) is 128 cm³/mol. The summed E-state index contributed by atoms with van der Waals surface area (Å²) < 4.78 is 0. The van der Waals surface area contributed by atoms with Gasteiger partial charge in [-0.05, 0) is 97.2 Å². The zero-order valence-electron chi connectivity index (χ0n) is 21.0. The van der Waals surface area contributed by atoms with E-state index in [1.807, 2.05) is 0 Å². The molecular weight excluding hydrogens is 400 g/mol. The Labute approximate surface area is 195 Å². The van der Waals surface area contributed by atoms with Crippen molar-refractivity contribution in [3.05, 3.63) is 12.2 Å². The molecule has 0 spiro atoms. The molecule has 0 bridgehead atoms. The molecule has 0 radical (unpaired) electrons. The minimum atomic E-state index is -0.363. The number of allylic oxidation sites excluding steroid dienone is 1. The summed E-state index contributed by atoms with van der Waals surface area (Å²) in [6.07, 6.45) is 10.1. The standard InChI is InChI=1S/C28H48O4/c1-16(2)18(15-29)7-6-17(3)22-14-25(32)26-20-13-24(31)23-12-19(30)8-10-27(23,4)21(20)9-11-28(22,26)5/h6-7,16-26,29-32H,8-15H2,1-5H3/b7-6+/t17-,18-,19+,20?,21?,22-,23-,24+,25?,26?,27-,28-/m1/s1. The lowest BCUT2D eigenvalue weighted by atomic mass is 9.43. The lowest BCUT2D eigenvalue weighted by molar-refractivity contribution is -0.180. The minimum Gasteiger partial charge on any atom is -0.396 e. The van der Waals surface area contributed by atoms with E-state index in [2.05, 4.69) is 46.8 Å². The summed E-state index contributed by atoms with van der Waals surface area (Å²) in [6.45, 7) is 11.6. The molecule has 0 aromatic heterocycles. The third-order valence-corrected chi connectivity index (χ3v) is 11.1. The van der Waals surface area contributed by atoms with Gasteiger partial charge in [0.15, 0.2) is 0 Å². The molecule has 0 aromatic rings. The Kier molecular flexibility index (Phi) is 6.93. The van der Waals surface area contributed by atoms with E-state index in [0.717, 1.165) is 38.5 Å². The lowest BCUT2D eigenvalue weighted by Gasteiger charge is -2.62. The molecule has 4 heteroatoms. The van der Waals surface area contributed by atoms with Crippen molar-refractivity contribution >= 4 is 0 Å². The van der Waals surface area contributed by atoms with Gasteiger partial charge in [-0.2, -0.15) is 0 Å². The zero-order chi connectivity index (χ0) is 23.4. The van der Waals surface area contributed by atoms with Crippen LogP contribution in [0, 0.1) is 58.2 Å². The third-order valence-electron chi connectivity index (χ3n) is 11.1. The fraction of sp³-hybridized carbons (Fsp3) is 0.929. The van der Waals surface area contributed by atoms with Crippen molar-refractivity contribution in [1.82, 2.24) is 0 Å². The first kappa shape index (κ1) is 24.7. The van der Waals surface area contributed by atoms with Crippen LogP contribution in [0.4, 0.5) is 0 Å². The Balaban J connectivity index is 1.57. The number of rotatable bonds is 5. The van der Waals surface area contributed by atoms with Crippen LogP contribution in [0.1, 0.15) is 79.6 Å². The zero-order valence-corrected chi connectivity index (χ0v) is 21.0. The highest BCUT2D eigenvalue weighted by atomic mass is 16.3. The van der Waals surface area contributed by atoms with Crippen molar-refractivity contribution in [1.29, 1.82) is 0 Å². The van der Waals surface area contributed by atoms with Crippen LogP contribution < -0.4 is 0 Å². The number of hydrogen-bond donors (Lipinski definition) is 4. The molecule has 0 heterocycles. The van der Waals surface area contributed by atoms with E-state index >= 15 is 0 Å². The van der Waals surface area contributed by atoms with Gasteiger partial charge in [0.2, 0.25) is 0 Å². The van der Waals surface area contributed by atoms with Gasteiger partial charge in [0.25, 0.3) is 0 Å². The summed E-state index contributed by atoms with van der Waals surface area (Å²) in [5.74, 6) is 2.77. The Bertz CT molecular complexity index is 691. The van der Waals surface area contributed by atoms with E-state index < -0.39 is 0 Å². The van der Waals surface area contributed by atoms with Crippen LogP contribution in [0.5, 0.6) is 0 Å². The van der Waals surface area contributed by atoms with E-state index in [-0.39, 0.29) is 53.5 Å². The van der Waals surface area contributed by atoms with Crippen LogP contribution >= 0.6 is 0 Å². The Morgan fingerprint density at radius 2 is 1.53 bits per heavy atom. The highest BCUT2D eigenvalue weighted by molar-refractivity contribution is 5.14. The van der Waals surface area contributed by atoms with E-state index in [1.165, 1.54) is 6.42 Å². The molecule has 4 fully saturated rings. The first-order chi connectivity index (χ1) is 15.0. The largest absolute Gasteiger partial charge is 0.396 e. The Morgan fingerprint density at radius 3 is 2.19 bits per heavy atom. The SMILES string of the molecule is CC(C)[C@H](/C=C/[C@@H](C)[C@H]1CC(O)C2C3C[C@H](O)[C@H]4C[C@@H](O)CC[C@]4(C)C3CC[C@@]21C)CO. The van der Waals surface area contributed by atoms with E-state index in [9.17, 15) is 20.4 Å². The summed E-state index contributed by atoms with van der Waals surface area (Å²) in [5, 5.41) is 42.6. The second-order valence-electron chi connectivity index (χ2n) is 12.9. The molecule has 0 saturated heterocycles. The quantitative estimate of drug-likeness (QED) is 0.470. The summed E-state index contributed by atoms with van der Waals surface area (Å²) in [4.78, 5) is 0. The van der Waals surface area contributed by atoms with Crippen LogP contribution in [0.25, 0.3) is 0 Å². The van der Waals surface area contributed by atoms with Gasteiger partial charge in [-0.3, -0.25) is 0 Å². The van der Waals surface area contributed by atoms with Gasteiger partial charge >= 0.3 is 0 Å². The van der Waals surface area contributed by atoms with Gasteiger partial charge < -0.3 is 20.4 Å². The van der Waals surface area contributed by atoms with Crippen molar-refractivity contribution in [2.75, 3.05) is 6.61 Å². The molecule has 4 saturated carbocycles. The van der Waals surface area contributed by atoms with Crippen LogP contribution in [0.3, 0.4) is 0 Å². The summed E-state index contributed by atoms with van der Waals surface area (Å²) in [7, 11) is 0. The molecule has 4 N–H and O–H groups in total. The van der Waals surface area contributed by atoms with Gasteiger partial charge in [0, 0.05) is 12.5 Å². The second-order valence-corrected chi connectivity index (χ2v) is 12.9. The maximum atomic E-state index is 11.4. The molecule has 32 heavy (non-hydrogen) atoms.